The molecule has 0 radical (unpaired) electrons. The molecule has 0 aliphatic heterocycles. The highest BCUT2D eigenvalue weighted by atomic mass is 32.2. The van der Waals surface area contributed by atoms with Crippen LogP contribution < -0.4 is 5.32 Å². The first kappa shape index (κ1) is 21.9. The summed E-state index contributed by atoms with van der Waals surface area (Å²) in [6, 6.07) is 20.9. The van der Waals surface area contributed by atoms with Crippen LogP contribution in [0.2, 0.25) is 0 Å². The van der Waals surface area contributed by atoms with E-state index in [-0.39, 0.29) is 11.3 Å². The second-order valence-electron chi connectivity index (χ2n) is 10.6. The van der Waals surface area contributed by atoms with Gasteiger partial charge in [-0.2, -0.15) is 0 Å². The van der Waals surface area contributed by atoms with Gasteiger partial charge in [0.15, 0.2) is 11.0 Å². The molecular weight excluding hydrogens is 440 g/mol. The van der Waals surface area contributed by atoms with Crippen molar-refractivity contribution in [3.05, 3.63) is 77.6 Å². The van der Waals surface area contributed by atoms with Gasteiger partial charge in [0.05, 0.1) is 13.1 Å². The summed E-state index contributed by atoms with van der Waals surface area (Å²) in [5.41, 5.74) is 2.33. The average molecular weight is 473 g/mol. The van der Waals surface area contributed by atoms with Crippen LogP contribution in [-0.4, -0.2) is 20.7 Å². The highest BCUT2D eigenvalue weighted by molar-refractivity contribution is 7.98. The van der Waals surface area contributed by atoms with E-state index in [1.165, 1.54) is 30.4 Å². The minimum Gasteiger partial charge on any atom is -0.348 e. The maximum Gasteiger partial charge on any atom is 0.226 e. The highest BCUT2D eigenvalue weighted by Crippen LogP contribution is 2.60. The van der Waals surface area contributed by atoms with E-state index in [1.54, 1.807) is 11.8 Å². The molecule has 1 amide bonds. The van der Waals surface area contributed by atoms with Crippen molar-refractivity contribution >= 4 is 17.7 Å². The lowest BCUT2D eigenvalue weighted by molar-refractivity contribution is -0.146. The van der Waals surface area contributed by atoms with E-state index in [4.69, 9.17) is 0 Å². The average Bonchev–Trinajstić information content (AvgIpc) is 3.23. The number of thioether (sulfide) groups is 1. The van der Waals surface area contributed by atoms with Crippen molar-refractivity contribution in [2.75, 3.05) is 0 Å². The van der Waals surface area contributed by atoms with E-state index < -0.39 is 0 Å². The summed E-state index contributed by atoms with van der Waals surface area (Å²) < 4.78 is 2.17. The maximum atomic E-state index is 13.5. The lowest BCUT2D eigenvalue weighted by Crippen LogP contribution is -2.53. The number of carbonyl (C=O) groups excluding carboxylic acids is 1. The summed E-state index contributed by atoms with van der Waals surface area (Å²) in [5, 5.41) is 13.2. The Labute approximate surface area is 205 Å². The molecule has 2 aromatic carbocycles. The van der Waals surface area contributed by atoms with E-state index in [1.807, 2.05) is 12.1 Å². The summed E-state index contributed by atoms with van der Waals surface area (Å²) in [4.78, 5) is 13.5. The Morgan fingerprint density at radius 3 is 2.09 bits per heavy atom. The molecule has 0 spiro atoms. The Hall–Kier alpha value is -2.60. The fourth-order valence-electron chi connectivity index (χ4n) is 6.94. The van der Waals surface area contributed by atoms with Crippen LogP contribution in [0.3, 0.4) is 0 Å². The number of benzene rings is 2. The van der Waals surface area contributed by atoms with E-state index >= 15 is 0 Å². The zero-order valence-corrected chi connectivity index (χ0v) is 20.3. The van der Waals surface area contributed by atoms with Crippen molar-refractivity contribution in [3.63, 3.8) is 0 Å². The second-order valence-corrected chi connectivity index (χ2v) is 11.6. The highest BCUT2D eigenvalue weighted by Gasteiger charge is 2.54. The van der Waals surface area contributed by atoms with E-state index in [2.05, 4.69) is 68.6 Å². The number of nitrogens with one attached hydrogen (secondary N) is 1. The van der Waals surface area contributed by atoms with Crippen LogP contribution in [0.25, 0.3) is 0 Å². The van der Waals surface area contributed by atoms with Crippen LogP contribution in [0.5, 0.6) is 0 Å². The van der Waals surface area contributed by atoms with Crippen molar-refractivity contribution in [2.24, 2.45) is 23.2 Å². The fourth-order valence-corrected chi connectivity index (χ4v) is 7.85. The molecule has 3 aromatic rings. The quantitative estimate of drug-likeness (QED) is 0.443. The molecule has 4 fully saturated rings. The largest absolute Gasteiger partial charge is 0.348 e. The molecule has 176 valence electrons. The molecule has 4 bridgehead atoms. The molecule has 4 aliphatic carbocycles. The number of amides is 1. The number of carbonyl (C=O) groups is 1. The van der Waals surface area contributed by atoms with E-state index in [0.29, 0.717) is 13.1 Å². The molecule has 6 heteroatoms. The zero-order valence-electron chi connectivity index (χ0n) is 19.5. The Morgan fingerprint density at radius 2 is 1.47 bits per heavy atom. The van der Waals surface area contributed by atoms with Crippen molar-refractivity contribution in [2.45, 2.75) is 62.5 Å². The van der Waals surface area contributed by atoms with Gasteiger partial charge in [0, 0.05) is 11.2 Å². The van der Waals surface area contributed by atoms with Crippen molar-refractivity contribution < 1.29 is 4.79 Å². The monoisotopic (exact) mass is 472 g/mol. The predicted molar refractivity (Wildman–Crippen MR) is 134 cm³/mol. The van der Waals surface area contributed by atoms with Crippen molar-refractivity contribution in [1.82, 2.24) is 20.1 Å². The third-order valence-electron chi connectivity index (χ3n) is 8.11. The van der Waals surface area contributed by atoms with Gasteiger partial charge < -0.3 is 9.88 Å². The van der Waals surface area contributed by atoms with Crippen molar-refractivity contribution in [3.8, 4) is 0 Å². The minimum atomic E-state index is -0.135. The molecule has 34 heavy (non-hydrogen) atoms. The smallest absolute Gasteiger partial charge is 0.226 e. The zero-order chi connectivity index (χ0) is 23.0. The van der Waals surface area contributed by atoms with Gasteiger partial charge in [-0.1, -0.05) is 72.4 Å². The number of aromatic nitrogens is 3. The maximum absolute atomic E-state index is 13.5. The molecule has 1 heterocycles. The standard InChI is InChI=1S/C28H32N4OS/c33-26(28-14-22-11-23(15-28)13-24(12-22)16-28)29-17-25-30-31-27(34-19-21-9-5-2-6-10-21)32(25)18-20-7-3-1-4-8-20/h1-10,22-24H,11-19H2,(H,29,33). The first-order chi connectivity index (χ1) is 16.7. The van der Waals surface area contributed by atoms with Crippen LogP contribution in [-0.2, 0) is 23.6 Å². The topological polar surface area (TPSA) is 59.8 Å². The molecule has 5 nitrogen and oxygen atoms in total. The summed E-state index contributed by atoms with van der Waals surface area (Å²) in [7, 11) is 0. The number of nitrogens with zero attached hydrogens (tertiary/aromatic N) is 3. The van der Waals surface area contributed by atoms with Gasteiger partial charge in [0.25, 0.3) is 0 Å². The van der Waals surface area contributed by atoms with Crippen molar-refractivity contribution in [1.29, 1.82) is 0 Å². The normalized spacial score (nSPS) is 27.1. The van der Waals surface area contributed by atoms with Gasteiger partial charge in [0.1, 0.15) is 0 Å². The SMILES string of the molecule is O=C(NCc1nnc(SCc2ccccc2)n1Cc1ccccc1)C12CC3CC(CC(C3)C1)C2. The van der Waals surface area contributed by atoms with Gasteiger partial charge in [-0.25, -0.2) is 0 Å². The lowest BCUT2D eigenvalue weighted by atomic mass is 9.49. The van der Waals surface area contributed by atoms with E-state index in [0.717, 1.165) is 53.7 Å². The third-order valence-corrected chi connectivity index (χ3v) is 9.15. The summed E-state index contributed by atoms with van der Waals surface area (Å²) >= 11 is 1.70. The number of hydrogen-bond donors (Lipinski definition) is 1. The molecule has 1 N–H and O–H groups in total. The predicted octanol–water partition coefficient (Wildman–Crippen LogP) is 5.45. The van der Waals surface area contributed by atoms with Crippen LogP contribution >= 0.6 is 11.8 Å². The van der Waals surface area contributed by atoms with Gasteiger partial charge in [-0.15, -0.1) is 10.2 Å². The molecule has 4 saturated carbocycles. The number of rotatable bonds is 8. The molecule has 7 rings (SSSR count). The Morgan fingerprint density at radius 1 is 0.882 bits per heavy atom. The van der Waals surface area contributed by atoms with Gasteiger partial charge in [0.2, 0.25) is 5.91 Å². The van der Waals surface area contributed by atoms with E-state index in [9.17, 15) is 4.79 Å². The van der Waals surface area contributed by atoms with Gasteiger partial charge in [-0.05, 0) is 67.4 Å². The molecule has 1 aromatic heterocycles. The van der Waals surface area contributed by atoms with Crippen LogP contribution in [0.1, 0.15) is 55.5 Å². The second kappa shape index (κ2) is 9.21. The molecular formula is C28H32N4OS. The first-order valence-electron chi connectivity index (χ1n) is 12.6. The summed E-state index contributed by atoms with van der Waals surface area (Å²) in [5.74, 6) is 4.21. The Balaban J connectivity index is 1.19. The Bertz CT molecular complexity index is 1110. The first-order valence-corrected chi connectivity index (χ1v) is 13.6. The summed E-state index contributed by atoms with van der Waals surface area (Å²) in [6.07, 6.45) is 7.29. The molecule has 0 atom stereocenters. The van der Waals surface area contributed by atoms with Crippen LogP contribution in [0.4, 0.5) is 0 Å². The fraction of sp³-hybridized carbons (Fsp3) is 0.464. The third kappa shape index (κ3) is 4.40. The number of hydrogen-bond acceptors (Lipinski definition) is 4. The minimum absolute atomic E-state index is 0.135. The molecule has 0 unspecified atom stereocenters. The lowest BCUT2D eigenvalue weighted by Gasteiger charge is -2.55. The van der Waals surface area contributed by atoms with Gasteiger partial charge in [-0.3, -0.25) is 4.79 Å². The molecule has 4 aliphatic rings. The van der Waals surface area contributed by atoms with Crippen LogP contribution in [0.15, 0.2) is 65.8 Å². The van der Waals surface area contributed by atoms with Gasteiger partial charge >= 0.3 is 0 Å². The molecule has 0 saturated heterocycles. The Kier molecular flexibility index (Phi) is 5.94. The van der Waals surface area contributed by atoms with Crippen LogP contribution in [0, 0.1) is 23.2 Å². The summed E-state index contributed by atoms with van der Waals surface area (Å²) in [6.45, 7) is 1.14.